The van der Waals surface area contributed by atoms with Crippen LogP contribution in [0.25, 0.3) is 0 Å². The maximum absolute atomic E-state index is 12.0. The van der Waals surface area contributed by atoms with Crippen LogP contribution in [0.15, 0.2) is 0 Å². The number of carbonyl (C=O) groups is 2. The average molecular weight is 269 g/mol. The number of carboxylic acids is 1. The summed E-state index contributed by atoms with van der Waals surface area (Å²) in [5.74, 6) is -0.289. The minimum atomic E-state index is -0.849. The Hall–Kier alpha value is -1.06. The summed E-state index contributed by atoms with van der Waals surface area (Å²) in [6.07, 6.45) is 6.52. The monoisotopic (exact) mass is 269 g/mol. The first-order valence-electron chi connectivity index (χ1n) is 7.31. The number of nitrogens with one attached hydrogen (secondary N) is 1. The maximum atomic E-state index is 12.0. The van der Waals surface area contributed by atoms with E-state index in [4.69, 9.17) is 5.11 Å². The molecule has 0 aliphatic heterocycles. The van der Waals surface area contributed by atoms with Gasteiger partial charge in [-0.3, -0.25) is 9.59 Å². The zero-order chi connectivity index (χ0) is 14.5. The molecule has 0 aromatic carbocycles. The SMILES string of the molecule is C[C@@H](NC(=O)CC(C)(C)CC(=O)O)C1CCCCC1. The second kappa shape index (κ2) is 6.92. The van der Waals surface area contributed by atoms with Crippen molar-refractivity contribution in [3.05, 3.63) is 0 Å². The number of hydrogen-bond donors (Lipinski definition) is 2. The van der Waals surface area contributed by atoms with E-state index in [1.165, 1.54) is 32.1 Å². The number of rotatable bonds is 6. The van der Waals surface area contributed by atoms with Gasteiger partial charge in [-0.15, -0.1) is 0 Å². The molecule has 1 fully saturated rings. The normalized spacial score (nSPS) is 18.9. The lowest BCUT2D eigenvalue weighted by molar-refractivity contribution is -0.139. The molecular weight excluding hydrogens is 242 g/mol. The molecule has 0 aromatic heterocycles. The van der Waals surface area contributed by atoms with Gasteiger partial charge in [-0.2, -0.15) is 0 Å². The second-order valence-electron chi connectivity index (χ2n) is 6.67. The lowest BCUT2D eigenvalue weighted by Crippen LogP contribution is -2.40. The number of amides is 1. The van der Waals surface area contributed by atoms with Crippen molar-refractivity contribution in [2.24, 2.45) is 11.3 Å². The van der Waals surface area contributed by atoms with Crippen molar-refractivity contribution >= 4 is 11.9 Å². The lowest BCUT2D eigenvalue weighted by atomic mass is 9.83. The molecule has 0 aromatic rings. The van der Waals surface area contributed by atoms with Gasteiger partial charge in [0.15, 0.2) is 0 Å². The number of aliphatic carboxylic acids is 1. The number of carboxylic acid groups (broad SMARTS) is 1. The van der Waals surface area contributed by atoms with E-state index in [9.17, 15) is 9.59 Å². The van der Waals surface area contributed by atoms with Crippen LogP contribution in [0, 0.1) is 11.3 Å². The molecule has 4 heteroatoms. The summed E-state index contributed by atoms with van der Waals surface area (Å²) in [7, 11) is 0. The molecule has 1 amide bonds. The molecular formula is C15H27NO3. The summed E-state index contributed by atoms with van der Waals surface area (Å²) < 4.78 is 0. The molecule has 19 heavy (non-hydrogen) atoms. The quantitative estimate of drug-likeness (QED) is 0.779. The Kier molecular flexibility index (Phi) is 5.83. The highest BCUT2D eigenvalue weighted by Crippen LogP contribution is 2.28. The highest BCUT2D eigenvalue weighted by molar-refractivity contribution is 5.78. The third kappa shape index (κ3) is 6.08. The van der Waals surface area contributed by atoms with E-state index >= 15 is 0 Å². The zero-order valence-corrected chi connectivity index (χ0v) is 12.4. The molecule has 1 aliphatic rings. The van der Waals surface area contributed by atoms with Gasteiger partial charge in [-0.05, 0) is 31.1 Å². The van der Waals surface area contributed by atoms with Crippen LogP contribution < -0.4 is 5.32 Å². The van der Waals surface area contributed by atoms with Crippen LogP contribution in [0.5, 0.6) is 0 Å². The van der Waals surface area contributed by atoms with Crippen LogP contribution in [0.2, 0.25) is 0 Å². The molecule has 2 N–H and O–H groups in total. The summed E-state index contributed by atoms with van der Waals surface area (Å²) in [6, 6.07) is 0.202. The first kappa shape index (κ1) is 16.0. The van der Waals surface area contributed by atoms with Crippen molar-refractivity contribution in [2.75, 3.05) is 0 Å². The van der Waals surface area contributed by atoms with E-state index in [-0.39, 0.29) is 24.8 Å². The predicted molar refractivity (Wildman–Crippen MR) is 74.8 cm³/mol. The van der Waals surface area contributed by atoms with Gasteiger partial charge < -0.3 is 10.4 Å². The smallest absolute Gasteiger partial charge is 0.303 e. The van der Waals surface area contributed by atoms with Crippen molar-refractivity contribution in [2.45, 2.75) is 71.8 Å². The topological polar surface area (TPSA) is 66.4 Å². The van der Waals surface area contributed by atoms with Gasteiger partial charge in [0, 0.05) is 12.5 Å². The second-order valence-corrected chi connectivity index (χ2v) is 6.67. The molecule has 4 nitrogen and oxygen atoms in total. The summed E-state index contributed by atoms with van der Waals surface area (Å²) >= 11 is 0. The molecule has 1 aliphatic carbocycles. The van der Waals surface area contributed by atoms with Gasteiger partial charge in [0.25, 0.3) is 0 Å². The molecule has 0 spiro atoms. The zero-order valence-electron chi connectivity index (χ0n) is 12.4. The molecule has 0 saturated heterocycles. The highest BCUT2D eigenvalue weighted by Gasteiger charge is 2.27. The van der Waals surface area contributed by atoms with Crippen molar-refractivity contribution < 1.29 is 14.7 Å². The molecule has 0 unspecified atom stereocenters. The Bertz CT molecular complexity index is 319. The molecule has 0 bridgehead atoms. The first-order valence-corrected chi connectivity index (χ1v) is 7.31. The van der Waals surface area contributed by atoms with Crippen molar-refractivity contribution in [3.63, 3.8) is 0 Å². The standard InChI is InChI=1S/C15H27NO3/c1-11(12-7-5-4-6-8-12)16-13(17)9-15(2,3)10-14(18)19/h11-12H,4-10H2,1-3H3,(H,16,17)(H,18,19)/t11-/m1/s1. The van der Waals surface area contributed by atoms with E-state index in [0.717, 1.165) is 0 Å². The van der Waals surface area contributed by atoms with Crippen LogP contribution in [0.4, 0.5) is 0 Å². The van der Waals surface area contributed by atoms with Crippen molar-refractivity contribution in [1.29, 1.82) is 0 Å². The minimum Gasteiger partial charge on any atom is -0.481 e. The summed E-state index contributed by atoms with van der Waals surface area (Å²) in [4.78, 5) is 22.7. The molecule has 1 rings (SSSR count). The largest absolute Gasteiger partial charge is 0.481 e. The Labute approximate surface area is 116 Å². The van der Waals surface area contributed by atoms with Crippen molar-refractivity contribution in [1.82, 2.24) is 5.32 Å². The number of hydrogen-bond acceptors (Lipinski definition) is 2. The fourth-order valence-electron chi connectivity index (χ4n) is 2.96. The van der Waals surface area contributed by atoms with Gasteiger partial charge >= 0.3 is 5.97 Å². The van der Waals surface area contributed by atoms with Crippen LogP contribution in [0.3, 0.4) is 0 Å². The molecule has 0 radical (unpaired) electrons. The van der Waals surface area contributed by atoms with Crippen LogP contribution in [0.1, 0.15) is 65.7 Å². The van der Waals surface area contributed by atoms with Crippen LogP contribution >= 0.6 is 0 Å². The highest BCUT2D eigenvalue weighted by atomic mass is 16.4. The number of carbonyl (C=O) groups excluding carboxylic acids is 1. The predicted octanol–water partition coefficient (Wildman–Crippen LogP) is 2.96. The first-order chi connectivity index (χ1) is 8.80. The average Bonchev–Trinajstić information content (AvgIpc) is 2.27. The maximum Gasteiger partial charge on any atom is 0.303 e. The Balaban J connectivity index is 2.39. The fourth-order valence-corrected chi connectivity index (χ4v) is 2.96. The Morgan fingerprint density at radius 2 is 1.79 bits per heavy atom. The Morgan fingerprint density at radius 1 is 1.21 bits per heavy atom. The minimum absolute atomic E-state index is 0.0238. The third-order valence-electron chi connectivity index (χ3n) is 4.01. The van der Waals surface area contributed by atoms with Gasteiger partial charge in [-0.25, -0.2) is 0 Å². The van der Waals surface area contributed by atoms with E-state index in [1.807, 2.05) is 13.8 Å². The van der Waals surface area contributed by atoms with Crippen LogP contribution in [-0.4, -0.2) is 23.0 Å². The van der Waals surface area contributed by atoms with E-state index in [0.29, 0.717) is 5.92 Å². The molecule has 0 heterocycles. The molecule has 110 valence electrons. The van der Waals surface area contributed by atoms with Crippen molar-refractivity contribution in [3.8, 4) is 0 Å². The van der Waals surface area contributed by atoms with E-state index < -0.39 is 11.4 Å². The van der Waals surface area contributed by atoms with E-state index in [1.54, 1.807) is 0 Å². The van der Waals surface area contributed by atoms with E-state index in [2.05, 4.69) is 12.2 Å². The molecule has 1 atom stereocenters. The lowest BCUT2D eigenvalue weighted by Gasteiger charge is -2.29. The summed E-state index contributed by atoms with van der Waals surface area (Å²) in [5, 5.41) is 11.9. The third-order valence-corrected chi connectivity index (χ3v) is 4.01. The Morgan fingerprint density at radius 3 is 2.32 bits per heavy atom. The van der Waals surface area contributed by atoms with Gasteiger partial charge in [0.1, 0.15) is 0 Å². The fraction of sp³-hybridized carbons (Fsp3) is 0.867. The summed E-state index contributed by atoms with van der Waals surface area (Å²) in [5.41, 5.74) is -0.484. The molecule has 1 saturated carbocycles. The summed E-state index contributed by atoms with van der Waals surface area (Å²) in [6.45, 7) is 5.72. The van der Waals surface area contributed by atoms with Crippen LogP contribution in [-0.2, 0) is 9.59 Å². The van der Waals surface area contributed by atoms with Gasteiger partial charge in [-0.1, -0.05) is 33.1 Å². The van der Waals surface area contributed by atoms with Gasteiger partial charge in [0.05, 0.1) is 6.42 Å². The van der Waals surface area contributed by atoms with Gasteiger partial charge in [0.2, 0.25) is 5.91 Å².